The second kappa shape index (κ2) is 9.26. The Bertz CT molecular complexity index is 1320. The van der Waals surface area contributed by atoms with Crippen LogP contribution in [0.1, 0.15) is 33.2 Å². The molecule has 0 bridgehead atoms. The topological polar surface area (TPSA) is 89.8 Å². The highest BCUT2D eigenvalue weighted by molar-refractivity contribution is 5.97. The maximum atomic E-state index is 13.0. The molecule has 4 aromatic rings. The number of nitrogens with one attached hydrogen (secondary N) is 1. The zero-order valence-electron chi connectivity index (χ0n) is 17.4. The lowest BCUT2D eigenvalue weighted by atomic mass is 10.1. The third kappa shape index (κ3) is 4.57. The van der Waals surface area contributed by atoms with Gasteiger partial charge in [-0.1, -0.05) is 54.6 Å². The number of aryl methyl sites for hydroxylation is 1. The number of hydrogen-bond acceptors (Lipinski definition) is 5. The van der Waals surface area contributed by atoms with Crippen LogP contribution in [0, 0.1) is 6.92 Å². The molecule has 0 aliphatic carbocycles. The van der Waals surface area contributed by atoms with Gasteiger partial charge in [-0.15, -0.1) is 0 Å². The number of fused-ring (bicyclic) bond motifs is 1. The van der Waals surface area contributed by atoms with E-state index in [0.717, 1.165) is 5.56 Å². The quantitative estimate of drug-likeness (QED) is 0.477. The average molecular weight is 427 g/mol. The minimum atomic E-state index is -1.01. The number of nitrogens with zero attached hydrogens (tertiary/aromatic N) is 2. The maximum absolute atomic E-state index is 13.0. The molecule has 7 heteroatoms. The van der Waals surface area contributed by atoms with Gasteiger partial charge < -0.3 is 10.1 Å². The van der Waals surface area contributed by atoms with Crippen molar-refractivity contribution in [1.82, 2.24) is 14.7 Å². The second-order valence-corrected chi connectivity index (χ2v) is 7.26. The van der Waals surface area contributed by atoms with Crippen molar-refractivity contribution < 1.29 is 14.3 Å². The van der Waals surface area contributed by atoms with Gasteiger partial charge in [-0.05, 0) is 36.2 Å². The van der Waals surface area contributed by atoms with Gasteiger partial charge in [0.15, 0.2) is 6.04 Å². The molecule has 0 saturated heterocycles. The number of carbonyl (C=O) groups is 2. The molecular formula is C25H21N3O4. The molecule has 2 aromatic carbocycles. The van der Waals surface area contributed by atoms with E-state index in [0.29, 0.717) is 22.5 Å². The highest BCUT2D eigenvalue weighted by Gasteiger charge is 2.25. The molecule has 1 N–H and O–H groups in total. The van der Waals surface area contributed by atoms with E-state index in [9.17, 15) is 14.4 Å². The first-order chi connectivity index (χ1) is 15.5. The summed E-state index contributed by atoms with van der Waals surface area (Å²) in [5, 5.41) is 2.74. The van der Waals surface area contributed by atoms with Crippen molar-refractivity contribution in [3.63, 3.8) is 0 Å². The fourth-order valence-corrected chi connectivity index (χ4v) is 3.34. The van der Waals surface area contributed by atoms with Gasteiger partial charge in [-0.25, -0.2) is 9.78 Å². The number of pyridine rings is 1. The lowest BCUT2D eigenvalue weighted by Crippen LogP contribution is -2.35. The predicted octanol–water partition coefficient (Wildman–Crippen LogP) is 3.22. The Hall–Kier alpha value is -4.26. The Morgan fingerprint density at radius 2 is 1.69 bits per heavy atom. The molecule has 0 aliphatic heterocycles. The predicted molar refractivity (Wildman–Crippen MR) is 119 cm³/mol. The highest BCUT2D eigenvalue weighted by Crippen LogP contribution is 2.17. The number of carbonyl (C=O) groups excluding carboxylic acids is 2. The summed E-state index contributed by atoms with van der Waals surface area (Å²) in [6, 6.07) is 21.4. The summed E-state index contributed by atoms with van der Waals surface area (Å²) in [4.78, 5) is 42.4. The first-order valence-corrected chi connectivity index (χ1v) is 10.1. The molecule has 2 heterocycles. The molecule has 160 valence electrons. The van der Waals surface area contributed by atoms with Crippen LogP contribution in [0.25, 0.3) is 5.65 Å². The molecule has 4 rings (SSSR count). The van der Waals surface area contributed by atoms with Gasteiger partial charge in [0.05, 0.1) is 5.69 Å². The molecule has 7 nitrogen and oxygen atoms in total. The molecule has 1 atom stereocenters. The van der Waals surface area contributed by atoms with Gasteiger partial charge in [0.1, 0.15) is 12.3 Å². The zero-order chi connectivity index (χ0) is 22.5. The van der Waals surface area contributed by atoms with Crippen LogP contribution in [0.2, 0.25) is 0 Å². The van der Waals surface area contributed by atoms with Crippen LogP contribution in [0.5, 0.6) is 0 Å². The number of hydrogen-bond donors (Lipinski definition) is 1. The largest absolute Gasteiger partial charge is 0.457 e. The third-order valence-corrected chi connectivity index (χ3v) is 4.98. The minimum absolute atomic E-state index is 0.191. The molecule has 0 fully saturated rings. The molecule has 1 unspecified atom stereocenters. The van der Waals surface area contributed by atoms with Crippen molar-refractivity contribution in [2.24, 2.45) is 0 Å². The van der Waals surface area contributed by atoms with E-state index >= 15 is 0 Å². The molecule has 0 spiro atoms. The van der Waals surface area contributed by atoms with Gasteiger partial charge in [0.25, 0.3) is 11.5 Å². The first kappa shape index (κ1) is 21.0. The third-order valence-electron chi connectivity index (χ3n) is 4.98. The Morgan fingerprint density at radius 1 is 1.00 bits per heavy atom. The van der Waals surface area contributed by atoms with Crippen molar-refractivity contribution >= 4 is 17.5 Å². The lowest BCUT2D eigenvalue weighted by Gasteiger charge is -2.18. The fraction of sp³-hybridized carbons (Fsp3) is 0.120. The summed E-state index contributed by atoms with van der Waals surface area (Å²) in [6.45, 7) is 1.66. The Balaban J connectivity index is 1.55. The number of aromatic nitrogens is 2. The van der Waals surface area contributed by atoms with E-state index in [1.165, 1.54) is 10.5 Å². The average Bonchev–Trinajstić information content (AvgIpc) is 2.82. The van der Waals surface area contributed by atoms with Gasteiger partial charge in [-0.2, -0.15) is 0 Å². The Kier molecular flexibility index (Phi) is 6.07. The molecule has 0 aliphatic rings. The normalized spacial score (nSPS) is 11.7. The van der Waals surface area contributed by atoms with E-state index in [1.807, 2.05) is 19.1 Å². The van der Waals surface area contributed by atoms with Crippen molar-refractivity contribution in [2.45, 2.75) is 19.6 Å². The zero-order valence-corrected chi connectivity index (χ0v) is 17.4. The van der Waals surface area contributed by atoms with Crippen LogP contribution in [0.3, 0.4) is 0 Å². The molecule has 0 saturated carbocycles. The van der Waals surface area contributed by atoms with E-state index in [2.05, 4.69) is 10.3 Å². The summed E-state index contributed by atoms with van der Waals surface area (Å²) in [5.41, 5.74) is 2.42. The number of rotatable bonds is 6. The molecule has 32 heavy (non-hydrogen) atoms. The summed E-state index contributed by atoms with van der Waals surface area (Å²) in [7, 11) is 0. The number of esters is 1. The van der Waals surface area contributed by atoms with Crippen molar-refractivity contribution in [1.29, 1.82) is 0 Å². The first-order valence-electron chi connectivity index (χ1n) is 10.1. The highest BCUT2D eigenvalue weighted by atomic mass is 16.5. The minimum Gasteiger partial charge on any atom is -0.457 e. The number of benzene rings is 2. The second-order valence-electron chi connectivity index (χ2n) is 7.26. The van der Waals surface area contributed by atoms with Crippen LogP contribution < -0.4 is 10.9 Å². The van der Waals surface area contributed by atoms with Crippen LogP contribution in [0.15, 0.2) is 89.9 Å². The summed E-state index contributed by atoms with van der Waals surface area (Å²) in [6.07, 6.45) is 1.64. The van der Waals surface area contributed by atoms with E-state index in [4.69, 9.17) is 4.74 Å². The molecule has 2 aromatic heterocycles. The van der Waals surface area contributed by atoms with E-state index < -0.39 is 17.9 Å². The SMILES string of the molecule is Cc1cccn2c(=O)cc(COC(=O)C(NC(=O)c3ccccc3)c3ccccc3)nc12. The maximum Gasteiger partial charge on any atom is 0.333 e. The Morgan fingerprint density at radius 3 is 2.41 bits per heavy atom. The fourth-order valence-electron chi connectivity index (χ4n) is 3.34. The number of ether oxygens (including phenoxy) is 1. The van der Waals surface area contributed by atoms with Crippen LogP contribution in [0.4, 0.5) is 0 Å². The molecular weight excluding hydrogens is 406 g/mol. The van der Waals surface area contributed by atoms with Crippen LogP contribution >= 0.6 is 0 Å². The van der Waals surface area contributed by atoms with Gasteiger partial charge in [0.2, 0.25) is 0 Å². The number of amides is 1. The van der Waals surface area contributed by atoms with Gasteiger partial charge in [0, 0.05) is 17.8 Å². The van der Waals surface area contributed by atoms with E-state index in [-0.39, 0.29) is 12.2 Å². The standard InChI is InChI=1S/C25H21N3O4/c1-17-9-8-14-28-21(29)15-20(26-23(17)28)16-32-25(31)22(18-10-4-2-5-11-18)27-24(30)19-12-6-3-7-13-19/h2-15,22H,16H2,1H3,(H,27,30). The van der Waals surface area contributed by atoms with Gasteiger partial charge in [-0.3, -0.25) is 14.0 Å². The summed E-state index contributed by atoms with van der Waals surface area (Å²) >= 11 is 0. The van der Waals surface area contributed by atoms with Crippen LogP contribution in [-0.4, -0.2) is 21.3 Å². The lowest BCUT2D eigenvalue weighted by molar-refractivity contribution is -0.147. The van der Waals surface area contributed by atoms with Gasteiger partial charge >= 0.3 is 5.97 Å². The Labute approximate surface area is 184 Å². The summed E-state index contributed by atoms with van der Waals surface area (Å²) in [5.74, 6) is -1.04. The monoisotopic (exact) mass is 427 g/mol. The smallest absolute Gasteiger partial charge is 0.333 e. The van der Waals surface area contributed by atoms with E-state index in [1.54, 1.807) is 66.9 Å². The van der Waals surface area contributed by atoms with Crippen molar-refractivity contribution in [3.8, 4) is 0 Å². The molecule has 1 amide bonds. The summed E-state index contributed by atoms with van der Waals surface area (Å²) < 4.78 is 6.90. The molecule has 0 radical (unpaired) electrons. The van der Waals surface area contributed by atoms with Crippen molar-refractivity contribution in [3.05, 3.63) is 118 Å². The van der Waals surface area contributed by atoms with Crippen molar-refractivity contribution in [2.75, 3.05) is 0 Å². The van der Waals surface area contributed by atoms with Crippen LogP contribution in [-0.2, 0) is 16.1 Å².